The van der Waals surface area contributed by atoms with Crippen molar-refractivity contribution in [3.05, 3.63) is 59.9 Å². The molecule has 0 N–H and O–H groups in total. The van der Waals surface area contributed by atoms with Gasteiger partial charge in [0.1, 0.15) is 5.82 Å². The minimum Gasteiger partial charge on any atom is -0.338 e. The number of alkyl halides is 2. The molecule has 0 saturated carbocycles. The number of aromatic nitrogens is 2. The van der Waals surface area contributed by atoms with Crippen LogP contribution in [0.1, 0.15) is 24.4 Å². The summed E-state index contributed by atoms with van der Waals surface area (Å²) in [6.07, 6.45) is -0.248. The molecule has 0 atom stereocenters. The van der Waals surface area contributed by atoms with Gasteiger partial charge in [0.05, 0.1) is 28.2 Å². The minimum absolute atomic E-state index is 0.0402. The fourth-order valence-electron chi connectivity index (χ4n) is 3.00. The maximum absolute atomic E-state index is 13.5. The highest BCUT2D eigenvalue weighted by Crippen LogP contribution is 2.24. The Morgan fingerprint density at radius 2 is 1.79 bits per heavy atom. The van der Waals surface area contributed by atoms with Crippen molar-refractivity contribution in [3.8, 4) is 0 Å². The molecule has 0 bridgehead atoms. The summed E-state index contributed by atoms with van der Waals surface area (Å²) in [7, 11) is -2.17. The van der Waals surface area contributed by atoms with Gasteiger partial charge in [0, 0.05) is 13.5 Å². The van der Waals surface area contributed by atoms with E-state index in [0.29, 0.717) is 5.52 Å². The number of carbonyl (C=O) groups excluding carboxylic acids is 1. The molecule has 29 heavy (non-hydrogen) atoms. The maximum atomic E-state index is 13.5. The van der Waals surface area contributed by atoms with Gasteiger partial charge >= 0.3 is 6.55 Å². The molecule has 0 radical (unpaired) electrons. The second kappa shape index (κ2) is 8.28. The molecule has 3 aromatic rings. The molecule has 154 valence electrons. The molecule has 0 spiro atoms. The normalized spacial score (nSPS) is 11.9. The third-order valence-corrected chi connectivity index (χ3v) is 6.37. The maximum Gasteiger partial charge on any atom is 0.320 e. The molecule has 1 amide bonds. The number of benzene rings is 2. The number of hydrogen-bond acceptors (Lipinski definition) is 4. The summed E-state index contributed by atoms with van der Waals surface area (Å²) in [5, 5.41) is 0. The molecule has 0 aliphatic rings. The number of nitrogens with zero attached hydrogens (tertiary/aromatic N) is 3. The summed E-state index contributed by atoms with van der Waals surface area (Å²) in [6.45, 7) is -1.10. The van der Waals surface area contributed by atoms with Gasteiger partial charge in [0.15, 0.2) is 9.84 Å². The van der Waals surface area contributed by atoms with Gasteiger partial charge in [-0.05, 0) is 31.2 Å². The molecule has 9 heteroatoms. The standard InChI is InChI=1S/C20H21F2N3O3S/c1-14-7-9-15(10-8-14)29(27,28)12-11-19(26)24(2)13-18-23-16-5-3-4-6-17(16)25(18)20(21)22/h3-10,20H,11-13H2,1-2H3. The lowest BCUT2D eigenvalue weighted by atomic mass is 10.2. The average Bonchev–Trinajstić information content (AvgIpc) is 3.04. The van der Waals surface area contributed by atoms with Crippen molar-refractivity contribution in [1.29, 1.82) is 0 Å². The van der Waals surface area contributed by atoms with E-state index in [1.807, 2.05) is 6.92 Å². The zero-order valence-electron chi connectivity index (χ0n) is 16.0. The van der Waals surface area contributed by atoms with E-state index in [1.54, 1.807) is 30.3 Å². The monoisotopic (exact) mass is 421 g/mol. The van der Waals surface area contributed by atoms with Gasteiger partial charge in [-0.3, -0.25) is 9.36 Å². The van der Waals surface area contributed by atoms with E-state index in [1.165, 1.54) is 30.1 Å². The Bertz CT molecular complexity index is 1130. The molecule has 2 aromatic carbocycles. The van der Waals surface area contributed by atoms with Crippen LogP contribution in [-0.2, 0) is 21.2 Å². The van der Waals surface area contributed by atoms with Gasteiger partial charge in [-0.2, -0.15) is 8.78 Å². The minimum atomic E-state index is -3.61. The van der Waals surface area contributed by atoms with Crippen molar-refractivity contribution in [1.82, 2.24) is 14.5 Å². The largest absolute Gasteiger partial charge is 0.338 e. The Labute approximate surface area is 167 Å². The van der Waals surface area contributed by atoms with Gasteiger partial charge in [-0.15, -0.1) is 0 Å². The van der Waals surface area contributed by atoms with Gasteiger partial charge in [-0.1, -0.05) is 29.8 Å². The van der Waals surface area contributed by atoms with Gasteiger partial charge < -0.3 is 4.90 Å². The number of carbonyl (C=O) groups is 1. The van der Waals surface area contributed by atoms with Gasteiger partial charge in [0.25, 0.3) is 0 Å². The van der Waals surface area contributed by atoms with Crippen LogP contribution in [0.3, 0.4) is 0 Å². The fourth-order valence-corrected chi connectivity index (χ4v) is 4.23. The Morgan fingerprint density at radius 1 is 1.14 bits per heavy atom. The van der Waals surface area contributed by atoms with Crippen LogP contribution in [-0.4, -0.2) is 41.6 Å². The number of aryl methyl sites for hydroxylation is 1. The predicted molar refractivity (Wildman–Crippen MR) is 105 cm³/mol. The van der Waals surface area contributed by atoms with Gasteiger partial charge in [-0.25, -0.2) is 13.4 Å². The van der Waals surface area contributed by atoms with E-state index in [0.717, 1.165) is 10.1 Å². The number of amides is 1. The van der Waals surface area contributed by atoms with Crippen LogP contribution in [0.15, 0.2) is 53.4 Å². The Morgan fingerprint density at radius 3 is 2.45 bits per heavy atom. The number of sulfone groups is 1. The highest BCUT2D eigenvalue weighted by atomic mass is 32.2. The number of para-hydroxylation sites is 2. The molecule has 0 saturated heterocycles. The van der Waals surface area contributed by atoms with Crippen LogP contribution >= 0.6 is 0 Å². The van der Waals surface area contributed by atoms with E-state index < -0.39 is 22.3 Å². The quantitative estimate of drug-likeness (QED) is 0.585. The Balaban J connectivity index is 1.70. The SMILES string of the molecule is Cc1ccc(S(=O)(=O)CCC(=O)N(C)Cc2nc3ccccc3n2C(F)F)cc1. The van der Waals surface area contributed by atoms with Crippen molar-refractivity contribution < 1.29 is 22.0 Å². The second-order valence-corrected chi connectivity index (χ2v) is 8.91. The van der Waals surface area contributed by atoms with Gasteiger partial charge in [0.2, 0.25) is 5.91 Å². The predicted octanol–water partition coefficient (Wildman–Crippen LogP) is 3.56. The van der Waals surface area contributed by atoms with Crippen LogP contribution < -0.4 is 0 Å². The molecule has 0 fully saturated rings. The molecule has 1 heterocycles. The highest BCUT2D eigenvalue weighted by molar-refractivity contribution is 7.91. The van der Waals surface area contributed by atoms with Crippen molar-refractivity contribution in [2.45, 2.75) is 31.3 Å². The zero-order chi connectivity index (χ0) is 21.2. The lowest BCUT2D eigenvalue weighted by molar-refractivity contribution is -0.130. The number of halogens is 2. The van der Waals surface area contributed by atoms with E-state index in [-0.39, 0.29) is 35.0 Å². The van der Waals surface area contributed by atoms with Crippen LogP contribution in [0, 0.1) is 6.92 Å². The average molecular weight is 421 g/mol. The molecule has 0 aliphatic heterocycles. The van der Waals surface area contributed by atoms with Crippen LogP contribution in [0.4, 0.5) is 8.78 Å². The number of rotatable bonds is 7. The number of fused-ring (bicyclic) bond motifs is 1. The van der Waals surface area contributed by atoms with Crippen molar-refractivity contribution in [3.63, 3.8) is 0 Å². The summed E-state index contributed by atoms with van der Waals surface area (Å²) in [4.78, 5) is 18.0. The van der Waals surface area contributed by atoms with E-state index in [2.05, 4.69) is 4.98 Å². The first-order chi connectivity index (χ1) is 13.7. The summed E-state index contributed by atoms with van der Waals surface area (Å²) in [5.41, 5.74) is 1.62. The molecular weight excluding hydrogens is 400 g/mol. The van der Waals surface area contributed by atoms with Crippen LogP contribution in [0.5, 0.6) is 0 Å². The van der Waals surface area contributed by atoms with Crippen LogP contribution in [0.2, 0.25) is 0 Å². The second-order valence-electron chi connectivity index (χ2n) is 6.80. The summed E-state index contributed by atoms with van der Waals surface area (Å²) >= 11 is 0. The summed E-state index contributed by atoms with van der Waals surface area (Å²) in [5.74, 6) is -0.781. The lowest BCUT2D eigenvalue weighted by Gasteiger charge is -2.18. The summed E-state index contributed by atoms with van der Waals surface area (Å²) in [6, 6.07) is 12.9. The van der Waals surface area contributed by atoms with Crippen LogP contribution in [0.25, 0.3) is 11.0 Å². The topological polar surface area (TPSA) is 72.3 Å². The van der Waals surface area contributed by atoms with E-state index in [4.69, 9.17) is 0 Å². The number of imidazole rings is 1. The lowest BCUT2D eigenvalue weighted by Crippen LogP contribution is -2.29. The van der Waals surface area contributed by atoms with E-state index in [9.17, 15) is 22.0 Å². The zero-order valence-corrected chi connectivity index (χ0v) is 16.9. The van der Waals surface area contributed by atoms with Crippen molar-refractivity contribution in [2.75, 3.05) is 12.8 Å². The van der Waals surface area contributed by atoms with E-state index >= 15 is 0 Å². The molecule has 3 rings (SSSR count). The Hall–Kier alpha value is -2.81. The molecule has 0 aliphatic carbocycles. The van der Waals surface area contributed by atoms with Crippen molar-refractivity contribution >= 4 is 26.8 Å². The summed E-state index contributed by atoms with van der Waals surface area (Å²) < 4.78 is 52.6. The molecule has 0 unspecified atom stereocenters. The molecule has 6 nitrogen and oxygen atoms in total. The molecular formula is C20H21F2N3O3S. The van der Waals surface area contributed by atoms with Crippen molar-refractivity contribution in [2.24, 2.45) is 0 Å². The third-order valence-electron chi connectivity index (χ3n) is 4.63. The first kappa shape index (κ1) is 20.9. The first-order valence-electron chi connectivity index (χ1n) is 8.96. The first-order valence-corrected chi connectivity index (χ1v) is 10.6. The highest BCUT2D eigenvalue weighted by Gasteiger charge is 2.22. The fraction of sp³-hybridized carbons (Fsp3) is 0.300. The number of hydrogen-bond donors (Lipinski definition) is 0. The third kappa shape index (κ3) is 4.61. The molecule has 1 aromatic heterocycles. The smallest absolute Gasteiger partial charge is 0.320 e. The Kier molecular flexibility index (Phi) is 5.97.